The Bertz CT molecular complexity index is 539. The van der Waals surface area contributed by atoms with Crippen LogP contribution in [0.25, 0.3) is 0 Å². The summed E-state index contributed by atoms with van der Waals surface area (Å²) < 4.78 is 0. The topological polar surface area (TPSA) is 0 Å². The number of hydrogen-bond acceptors (Lipinski definition) is 1. The number of rotatable bonds is 14. The molecule has 0 saturated heterocycles. The van der Waals surface area contributed by atoms with E-state index < -0.39 is 0 Å². The molecule has 0 radical (unpaired) electrons. The maximum Gasteiger partial charge on any atom is 0.0184 e. The average molecular weight is 369 g/mol. The zero-order valence-electron chi connectivity index (χ0n) is 16.4. The van der Waals surface area contributed by atoms with Crippen molar-refractivity contribution in [1.29, 1.82) is 0 Å². The van der Waals surface area contributed by atoms with Gasteiger partial charge >= 0.3 is 0 Å². The molecule has 0 fully saturated rings. The Morgan fingerprint density at radius 2 is 1.42 bits per heavy atom. The van der Waals surface area contributed by atoms with Crippen LogP contribution in [-0.2, 0) is 5.75 Å². The molecule has 1 aliphatic rings. The Kier molecular flexibility index (Phi) is 12.1. The van der Waals surface area contributed by atoms with Crippen molar-refractivity contribution in [1.82, 2.24) is 0 Å². The van der Waals surface area contributed by atoms with Crippen molar-refractivity contribution in [2.45, 2.75) is 76.4 Å². The van der Waals surface area contributed by atoms with E-state index in [1.165, 1.54) is 86.9 Å². The third-order valence-electron chi connectivity index (χ3n) is 4.94. The minimum Gasteiger partial charge on any atom is -0.157 e. The Balaban J connectivity index is 1.30. The van der Waals surface area contributed by atoms with Crippen molar-refractivity contribution in [2.24, 2.45) is 0 Å². The van der Waals surface area contributed by atoms with Gasteiger partial charge in [0.2, 0.25) is 0 Å². The van der Waals surface area contributed by atoms with E-state index in [1.807, 2.05) is 0 Å². The van der Waals surface area contributed by atoms with Crippen molar-refractivity contribution in [2.75, 3.05) is 5.75 Å². The highest BCUT2D eigenvalue weighted by Gasteiger charge is 1.97. The summed E-state index contributed by atoms with van der Waals surface area (Å²) in [6.07, 6.45) is 26.3. The van der Waals surface area contributed by atoms with Gasteiger partial charge < -0.3 is 0 Å². The van der Waals surface area contributed by atoms with Gasteiger partial charge in [-0.25, -0.2) is 0 Å². The van der Waals surface area contributed by atoms with Crippen LogP contribution in [0, 0.1) is 0 Å². The number of hydrogen-bond donors (Lipinski definition) is 0. The zero-order chi connectivity index (χ0) is 18.1. The van der Waals surface area contributed by atoms with Gasteiger partial charge in [-0.15, -0.1) is 0 Å². The van der Waals surface area contributed by atoms with E-state index in [0.717, 1.165) is 6.42 Å². The van der Waals surface area contributed by atoms with E-state index in [-0.39, 0.29) is 0 Å². The molecule has 0 N–H and O–H groups in total. The second-order valence-corrected chi connectivity index (χ2v) is 8.38. The van der Waals surface area contributed by atoms with Gasteiger partial charge in [0, 0.05) is 5.75 Å². The number of unbranched alkanes of at least 4 members (excludes halogenated alkanes) is 8. The number of thioether (sulfide) groups is 1. The molecule has 1 aromatic carbocycles. The minimum absolute atomic E-state index is 1.10. The normalized spacial score (nSPS) is 13.6. The lowest BCUT2D eigenvalue weighted by Crippen LogP contribution is -1.86. The van der Waals surface area contributed by atoms with E-state index in [0.29, 0.717) is 0 Å². The highest BCUT2D eigenvalue weighted by atomic mass is 32.2. The third kappa shape index (κ3) is 10.7. The molecule has 2 rings (SSSR count). The molecule has 1 aliphatic carbocycles. The average Bonchev–Trinajstić information content (AvgIpc) is 2.95. The van der Waals surface area contributed by atoms with Gasteiger partial charge in [-0.1, -0.05) is 111 Å². The third-order valence-corrected chi connectivity index (χ3v) is 6.05. The van der Waals surface area contributed by atoms with Crippen LogP contribution in [0.15, 0.2) is 66.3 Å². The first-order chi connectivity index (χ1) is 12.9. The lowest BCUT2D eigenvalue weighted by Gasteiger charge is -2.04. The Hall–Kier alpha value is -1.21. The van der Waals surface area contributed by atoms with E-state index in [2.05, 4.69) is 72.5 Å². The van der Waals surface area contributed by atoms with E-state index in [4.69, 9.17) is 0 Å². The van der Waals surface area contributed by atoms with Crippen LogP contribution in [0.2, 0.25) is 0 Å². The van der Waals surface area contributed by atoms with Crippen LogP contribution in [0.3, 0.4) is 0 Å². The predicted molar refractivity (Wildman–Crippen MR) is 120 cm³/mol. The van der Waals surface area contributed by atoms with Crippen LogP contribution in [0.1, 0.15) is 76.2 Å². The molecule has 0 amide bonds. The van der Waals surface area contributed by atoms with Crippen LogP contribution in [0.5, 0.6) is 0 Å². The van der Waals surface area contributed by atoms with Crippen LogP contribution in [-0.4, -0.2) is 5.75 Å². The lowest BCUT2D eigenvalue weighted by molar-refractivity contribution is 0.566. The van der Waals surface area contributed by atoms with Gasteiger partial charge in [0.05, 0.1) is 0 Å². The quantitative estimate of drug-likeness (QED) is 0.298. The molecule has 0 spiro atoms. The zero-order valence-corrected chi connectivity index (χ0v) is 17.2. The summed E-state index contributed by atoms with van der Waals surface area (Å²) in [6.45, 7) is 0. The number of allylic oxidation sites excluding steroid dienone is 6. The van der Waals surface area contributed by atoms with Gasteiger partial charge in [0.25, 0.3) is 0 Å². The highest BCUT2D eigenvalue weighted by molar-refractivity contribution is 7.98. The van der Waals surface area contributed by atoms with Gasteiger partial charge in [-0.3, -0.25) is 0 Å². The minimum atomic E-state index is 1.10. The first-order valence-electron chi connectivity index (χ1n) is 10.6. The molecule has 0 unspecified atom stereocenters. The van der Waals surface area contributed by atoms with Crippen molar-refractivity contribution >= 4 is 11.8 Å². The molecule has 1 heteroatoms. The predicted octanol–water partition coefficient (Wildman–Crippen LogP) is 8.26. The molecule has 142 valence electrons. The van der Waals surface area contributed by atoms with Crippen molar-refractivity contribution < 1.29 is 0 Å². The summed E-state index contributed by atoms with van der Waals surface area (Å²) in [5, 5.41) is 0. The van der Waals surface area contributed by atoms with Crippen LogP contribution >= 0.6 is 11.8 Å². The summed E-state index contributed by atoms with van der Waals surface area (Å²) >= 11 is 2.08. The molecular weight excluding hydrogens is 332 g/mol. The number of benzene rings is 1. The fourth-order valence-electron chi connectivity index (χ4n) is 3.34. The van der Waals surface area contributed by atoms with Crippen LogP contribution < -0.4 is 0 Å². The molecule has 26 heavy (non-hydrogen) atoms. The standard InChI is InChI=1S/C25H36S/c1(2-4-6-11-17-24-18-12-7-8-13-19-24)3-5-9-16-22-26-23-25-20-14-10-15-21-25/h7-8,10,12,14-15,18-21H,1-6,9,11,13,16-17,22-23H2. The van der Waals surface area contributed by atoms with E-state index in [1.54, 1.807) is 0 Å². The molecular formula is C25H36S. The maximum absolute atomic E-state index is 2.37. The fourth-order valence-corrected chi connectivity index (χ4v) is 4.32. The second kappa shape index (κ2) is 14.9. The smallest absolute Gasteiger partial charge is 0.0184 e. The summed E-state index contributed by atoms with van der Waals surface area (Å²) in [7, 11) is 0. The summed E-state index contributed by atoms with van der Waals surface area (Å²) in [5.74, 6) is 2.48. The summed E-state index contributed by atoms with van der Waals surface area (Å²) in [4.78, 5) is 0. The molecule has 0 heterocycles. The molecule has 0 aliphatic heterocycles. The van der Waals surface area contributed by atoms with Crippen molar-refractivity contribution in [3.05, 3.63) is 71.8 Å². The first-order valence-corrected chi connectivity index (χ1v) is 11.7. The van der Waals surface area contributed by atoms with Gasteiger partial charge in [0.15, 0.2) is 0 Å². The van der Waals surface area contributed by atoms with Crippen LogP contribution in [0.4, 0.5) is 0 Å². The SMILES string of the molecule is C1=CCC=C(CCCCCCCCCCCSCc2ccccc2)C=C1. The Morgan fingerprint density at radius 3 is 2.19 bits per heavy atom. The molecule has 0 nitrogen and oxygen atoms in total. The fraction of sp³-hybridized carbons (Fsp3) is 0.520. The molecule has 0 bridgehead atoms. The van der Waals surface area contributed by atoms with E-state index >= 15 is 0 Å². The Labute approximate surface area is 165 Å². The van der Waals surface area contributed by atoms with E-state index in [9.17, 15) is 0 Å². The molecule has 0 aromatic heterocycles. The van der Waals surface area contributed by atoms with Crippen molar-refractivity contribution in [3.8, 4) is 0 Å². The monoisotopic (exact) mass is 368 g/mol. The summed E-state index contributed by atoms with van der Waals surface area (Å²) in [6, 6.07) is 10.8. The summed E-state index contributed by atoms with van der Waals surface area (Å²) in [5.41, 5.74) is 2.99. The van der Waals surface area contributed by atoms with Gasteiger partial charge in [0.1, 0.15) is 0 Å². The van der Waals surface area contributed by atoms with Gasteiger partial charge in [-0.05, 0) is 37.0 Å². The molecule has 0 saturated carbocycles. The van der Waals surface area contributed by atoms with Crippen molar-refractivity contribution in [3.63, 3.8) is 0 Å². The van der Waals surface area contributed by atoms with Gasteiger partial charge in [-0.2, -0.15) is 11.8 Å². The largest absolute Gasteiger partial charge is 0.157 e. The first kappa shape index (κ1) is 21.1. The lowest BCUT2D eigenvalue weighted by atomic mass is 10.0. The Morgan fingerprint density at radius 1 is 0.731 bits per heavy atom. The highest BCUT2D eigenvalue weighted by Crippen LogP contribution is 2.17. The maximum atomic E-state index is 2.37. The molecule has 0 atom stereocenters. The second-order valence-electron chi connectivity index (χ2n) is 7.27. The molecule has 1 aromatic rings.